The normalized spacial score (nSPS) is 13.4. The fourth-order valence-corrected chi connectivity index (χ4v) is 3.28. The molecule has 138 valence electrons. The second-order valence-corrected chi connectivity index (χ2v) is 6.54. The van der Waals surface area contributed by atoms with E-state index in [0.29, 0.717) is 38.2 Å². The Labute approximate surface area is 156 Å². The van der Waals surface area contributed by atoms with Crippen LogP contribution >= 0.6 is 0 Å². The molecule has 8 nitrogen and oxygen atoms in total. The highest BCUT2D eigenvalue weighted by Gasteiger charge is 2.23. The Balaban J connectivity index is 1.48. The number of aryl methyl sites for hydroxylation is 1. The first kappa shape index (κ1) is 17.1. The van der Waals surface area contributed by atoms with Crippen molar-refractivity contribution in [3.63, 3.8) is 0 Å². The van der Waals surface area contributed by atoms with Crippen molar-refractivity contribution in [3.05, 3.63) is 75.5 Å². The van der Waals surface area contributed by atoms with Crippen molar-refractivity contribution in [3.8, 4) is 0 Å². The zero-order valence-corrected chi connectivity index (χ0v) is 15.1. The minimum Gasteiger partial charge on any atom is -0.334 e. The molecular weight excluding hydrogens is 344 g/mol. The van der Waals surface area contributed by atoms with Gasteiger partial charge in [0.15, 0.2) is 0 Å². The number of nitrogens with zero attached hydrogens (tertiary/aromatic N) is 6. The first-order valence-corrected chi connectivity index (χ1v) is 8.96. The van der Waals surface area contributed by atoms with Gasteiger partial charge in [-0.15, -0.1) is 5.10 Å². The van der Waals surface area contributed by atoms with E-state index in [1.165, 1.54) is 4.68 Å². The highest BCUT2D eigenvalue weighted by atomic mass is 16.2. The van der Waals surface area contributed by atoms with Gasteiger partial charge >= 0.3 is 0 Å². The van der Waals surface area contributed by atoms with Gasteiger partial charge in [-0.25, -0.2) is 9.36 Å². The van der Waals surface area contributed by atoms with Crippen LogP contribution in [0.1, 0.15) is 34.1 Å². The van der Waals surface area contributed by atoms with Gasteiger partial charge in [0.25, 0.3) is 11.5 Å². The summed E-state index contributed by atoms with van der Waals surface area (Å²) in [4.78, 5) is 26.6. The van der Waals surface area contributed by atoms with Crippen LogP contribution in [0.2, 0.25) is 0 Å². The third-order valence-electron chi connectivity index (χ3n) is 4.75. The molecule has 0 atom stereocenters. The highest BCUT2D eigenvalue weighted by molar-refractivity contribution is 5.94. The molecule has 1 aromatic carbocycles. The Kier molecular flexibility index (Phi) is 4.53. The van der Waals surface area contributed by atoms with E-state index >= 15 is 0 Å². The quantitative estimate of drug-likeness (QED) is 0.692. The molecule has 0 radical (unpaired) electrons. The molecule has 0 bridgehead atoms. The maximum Gasteiger partial charge on any atom is 0.267 e. The fourth-order valence-electron chi connectivity index (χ4n) is 3.28. The predicted octanol–water partition coefficient (Wildman–Crippen LogP) is 1.10. The molecule has 0 unspecified atom stereocenters. The summed E-state index contributed by atoms with van der Waals surface area (Å²) in [5.41, 5.74) is 3.31. The van der Waals surface area contributed by atoms with E-state index in [-0.39, 0.29) is 11.5 Å². The van der Waals surface area contributed by atoms with E-state index in [9.17, 15) is 9.59 Å². The molecule has 0 spiro atoms. The molecule has 0 aliphatic carbocycles. The van der Waals surface area contributed by atoms with Gasteiger partial charge in [0.1, 0.15) is 0 Å². The number of benzene rings is 1. The second kappa shape index (κ2) is 7.14. The third-order valence-corrected chi connectivity index (χ3v) is 4.75. The van der Waals surface area contributed by atoms with Crippen LogP contribution in [0.15, 0.2) is 47.5 Å². The minimum absolute atomic E-state index is 0.0346. The van der Waals surface area contributed by atoms with Crippen molar-refractivity contribution in [2.45, 2.75) is 33.0 Å². The van der Waals surface area contributed by atoms with Crippen molar-refractivity contribution < 1.29 is 4.79 Å². The predicted molar refractivity (Wildman–Crippen MR) is 98.2 cm³/mol. The van der Waals surface area contributed by atoms with Crippen molar-refractivity contribution in [2.75, 3.05) is 6.54 Å². The van der Waals surface area contributed by atoms with Crippen LogP contribution in [0.3, 0.4) is 0 Å². The Morgan fingerprint density at radius 2 is 2.04 bits per heavy atom. The van der Waals surface area contributed by atoms with Crippen LogP contribution in [0, 0.1) is 0 Å². The Morgan fingerprint density at radius 1 is 1.22 bits per heavy atom. The van der Waals surface area contributed by atoms with Gasteiger partial charge in [0.2, 0.25) is 0 Å². The molecule has 1 aliphatic heterocycles. The molecule has 0 saturated heterocycles. The first-order valence-electron chi connectivity index (χ1n) is 8.96. The van der Waals surface area contributed by atoms with Gasteiger partial charge < -0.3 is 4.90 Å². The van der Waals surface area contributed by atoms with Crippen LogP contribution in [0.4, 0.5) is 0 Å². The number of aromatic nitrogens is 5. The highest BCUT2D eigenvalue weighted by Crippen LogP contribution is 2.18. The van der Waals surface area contributed by atoms with Crippen LogP contribution in [-0.2, 0) is 26.1 Å². The van der Waals surface area contributed by atoms with Gasteiger partial charge in [-0.05, 0) is 24.6 Å². The number of carbonyl (C=O) groups excluding carboxylic acids is 1. The molecule has 8 heteroatoms. The Bertz CT molecular complexity index is 1010. The lowest BCUT2D eigenvalue weighted by molar-refractivity contribution is 0.0732. The number of fused-ring (bicyclic) bond motifs is 1. The van der Waals surface area contributed by atoms with Crippen LogP contribution in [0.25, 0.3) is 0 Å². The van der Waals surface area contributed by atoms with E-state index in [4.69, 9.17) is 0 Å². The monoisotopic (exact) mass is 364 g/mol. The maximum atomic E-state index is 12.8. The Hall–Kier alpha value is -3.29. The summed E-state index contributed by atoms with van der Waals surface area (Å²) in [5.74, 6) is -0.0346. The summed E-state index contributed by atoms with van der Waals surface area (Å²) >= 11 is 0. The fraction of sp³-hybridized carbons (Fsp3) is 0.316. The number of rotatable bonds is 4. The topological polar surface area (TPSA) is 85.9 Å². The van der Waals surface area contributed by atoms with Gasteiger partial charge in [-0.2, -0.15) is 5.10 Å². The summed E-state index contributed by atoms with van der Waals surface area (Å²) < 4.78 is 3.19. The molecule has 2 aromatic heterocycles. The van der Waals surface area contributed by atoms with E-state index in [2.05, 4.69) is 15.4 Å². The summed E-state index contributed by atoms with van der Waals surface area (Å²) in [5, 5.41) is 12.1. The standard InChI is InChI=1S/C19H20N6O2/c1-2-25-18(26)11-16-13-23(9-7-17(16)21-25)19(27)15-5-3-14(4-6-15)12-24-10-8-20-22-24/h3-6,8,10-11H,2,7,9,12-13H2,1H3. The smallest absolute Gasteiger partial charge is 0.267 e. The summed E-state index contributed by atoms with van der Waals surface area (Å²) in [6, 6.07) is 9.11. The van der Waals surface area contributed by atoms with Gasteiger partial charge in [-0.1, -0.05) is 17.3 Å². The maximum absolute atomic E-state index is 12.8. The van der Waals surface area contributed by atoms with Gasteiger partial charge in [0, 0.05) is 49.4 Å². The van der Waals surface area contributed by atoms with Crippen LogP contribution in [0.5, 0.6) is 0 Å². The number of hydrogen-bond donors (Lipinski definition) is 0. The molecule has 0 N–H and O–H groups in total. The van der Waals surface area contributed by atoms with Crippen LogP contribution < -0.4 is 5.56 Å². The van der Waals surface area contributed by atoms with Crippen molar-refractivity contribution >= 4 is 5.91 Å². The van der Waals surface area contributed by atoms with Crippen molar-refractivity contribution in [1.82, 2.24) is 29.7 Å². The largest absolute Gasteiger partial charge is 0.334 e. The zero-order chi connectivity index (χ0) is 18.8. The number of amides is 1. The second-order valence-electron chi connectivity index (χ2n) is 6.54. The summed E-state index contributed by atoms with van der Waals surface area (Å²) in [6.45, 7) is 4.08. The molecule has 0 saturated carbocycles. The van der Waals surface area contributed by atoms with E-state index in [1.54, 1.807) is 28.0 Å². The van der Waals surface area contributed by atoms with Crippen molar-refractivity contribution in [2.24, 2.45) is 0 Å². The Morgan fingerprint density at radius 3 is 2.74 bits per heavy atom. The zero-order valence-electron chi connectivity index (χ0n) is 15.1. The molecule has 3 aromatic rings. The summed E-state index contributed by atoms with van der Waals surface area (Å²) in [6.07, 6.45) is 4.09. The first-order chi connectivity index (χ1) is 13.1. The average Bonchev–Trinajstić information content (AvgIpc) is 3.20. The SMILES string of the molecule is CCn1nc2c(cc1=O)CN(C(=O)c1ccc(Cn3ccnn3)cc1)CC2. The molecule has 27 heavy (non-hydrogen) atoms. The van der Waals surface area contributed by atoms with E-state index in [0.717, 1.165) is 16.8 Å². The lowest BCUT2D eigenvalue weighted by atomic mass is 10.0. The molecular formula is C19H20N6O2. The molecule has 4 rings (SSSR count). The minimum atomic E-state index is -0.122. The van der Waals surface area contributed by atoms with E-state index < -0.39 is 0 Å². The molecule has 1 aliphatic rings. The number of carbonyl (C=O) groups is 1. The van der Waals surface area contributed by atoms with E-state index in [1.807, 2.05) is 31.2 Å². The lowest BCUT2D eigenvalue weighted by Crippen LogP contribution is -2.38. The van der Waals surface area contributed by atoms with Gasteiger partial charge in [-0.3, -0.25) is 9.59 Å². The number of hydrogen-bond acceptors (Lipinski definition) is 5. The van der Waals surface area contributed by atoms with Crippen LogP contribution in [-0.4, -0.2) is 42.1 Å². The molecule has 0 fully saturated rings. The molecule has 1 amide bonds. The summed E-state index contributed by atoms with van der Waals surface area (Å²) in [7, 11) is 0. The average molecular weight is 364 g/mol. The lowest BCUT2D eigenvalue weighted by Gasteiger charge is -2.28. The molecule has 3 heterocycles. The third kappa shape index (κ3) is 3.51. The van der Waals surface area contributed by atoms with Crippen molar-refractivity contribution in [1.29, 1.82) is 0 Å². The van der Waals surface area contributed by atoms with Gasteiger partial charge in [0.05, 0.1) is 18.4 Å².